The van der Waals surface area contributed by atoms with Crippen molar-refractivity contribution in [2.75, 3.05) is 36.1 Å². The van der Waals surface area contributed by atoms with Crippen molar-refractivity contribution >= 4 is 22.7 Å². The van der Waals surface area contributed by atoms with Crippen molar-refractivity contribution in [1.29, 1.82) is 0 Å². The van der Waals surface area contributed by atoms with Gasteiger partial charge in [-0.2, -0.15) is 10.1 Å². The van der Waals surface area contributed by atoms with Crippen LogP contribution in [0.5, 0.6) is 0 Å². The Morgan fingerprint density at radius 2 is 1.92 bits per heavy atom. The maximum absolute atomic E-state index is 5.96. The van der Waals surface area contributed by atoms with Gasteiger partial charge in [0.2, 0.25) is 5.95 Å². The number of aromatic nitrogens is 5. The number of aryl methyl sites for hydroxylation is 2. The summed E-state index contributed by atoms with van der Waals surface area (Å²) in [5, 5.41) is 12.5. The summed E-state index contributed by atoms with van der Waals surface area (Å²) in [6, 6.07) is 17.0. The van der Waals surface area contributed by atoms with Gasteiger partial charge in [0.15, 0.2) is 0 Å². The Morgan fingerprint density at radius 1 is 1.03 bits per heavy atom. The van der Waals surface area contributed by atoms with Gasteiger partial charge in [-0.25, -0.2) is 4.98 Å². The van der Waals surface area contributed by atoms with Gasteiger partial charge in [0.05, 0.1) is 36.7 Å². The summed E-state index contributed by atoms with van der Waals surface area (Å²) in [6.07, 6.45) is 2.80. The number of hydrogen-bond donors (Lipinski definition) is 1. The van der Waals surface area contributed by atoms with Gasteiger partial charge in [-0.05, 0) is 37.1 Å². The normalized spacial score (nSPS) is 17.7. The first-order valence-electron chi connectivity index (χ1n) is 13.1. The molecule has 1 atom stereocenters. The fourth-order valence-electron chi connectivity index (χ4n) is 5.71. The lowest BCUT2D eigenvalue weighted by Gasteiger charge is -2.38. The summed E-state index contributed by atoms with van der Waals surface area (Å²) in [6.45, 7) is 7.50. The summed E-state index contributed by atoms with van der Waals surface area (Å²) in [4.78, 5) is 15.0. The summed E-state index contributed by atoms with van der Waals surface area (Å²) in [5.74, 6) is 2.47. The van der Waals surface area contributed by atoms with Gasteiger partial charge in [0, 0.05) is 48.3 Å². The first-order valence-corrected chi connectivity index (χ1v) is 13.1. The average Bonchev–Trinajstić information content (AvgIpc) is 3.57. The summed E-state index contributed by atoms with van der Waals surface area (Å²) in [7, 11) is 0. The third kappa shape index (κ3) is 3.90. The fourth-order valence-corrected chi connectivity index (χ4v) is 5.71. The van der Waals surface area contributed by atoms with E-state index in [1.54, 1.807) is 0 Å². The van der Waals surface area contributed by atoms with Gasteiger partial charge in [-0.15, -0.1) is 0 Å². The van der Waals surface area contributed by atoms with Crippen molar-refractivity contribution in [3.63, 3.8) is 0 Å². The molecule has 0 radical (unpaired) electrons. The highest BCUT2D eigenvalue weighted by Crippen LogP contribution is 2.38. The Balaban J connectivity index is 1.39. The van der Waals surface area contributed by atoms with Crippen molar-refractivity contribution in [3.05, 3.63) is 83.0 Å². The van der Waals surface area contributed by atoms with Crippen molar-refractivity contribution in [3.8, 4) is 11.1 Å². The van der Waals surface area contributed by atoms with E-state index in [0.717, 1.165) is 71.3 Å². The van der Waals surface area contributed by atoms with E-state index < -0.39 is 0 Å². The molecule has 1 saturated heterocycles. The van der Waals surface area contributed by atoms with E-state index >= 15 is 0 Å². The number of benzene rings is 2. The molecule has 38 heavy (non-hydrogen) atoms. The molecule has 2 aromatic carbocycles. The average molecular weight is 508 g/mol. The molecule has 7 rings (SSSR count). The quantitative estimate of drug-likeness (QED) is 0.372. The zero-order valence-corrected chi connectivity index (χ0v) is 21.5. The highest BCUT2D eigenvalue weighted by molar-refractivity contribution is 5.94. The molecular weight excluding hydrogens is 478 g/mol. The van der Waals surface area contributed by atoms with Crippen LogP contribution in [-0.4, -0.2) is 51.6 Å². The number of rotatable bonds is 4. The molecule has 3 aromatic heterocycles. The Hall–Kier alpha value is -4.24. The number of anilines is 2. The van der Waals surface area contributed by atoms with Crippen LogP contribution in [0.3, 0.4) is 0 Å². The van der Waals surface area contributed by atoms with Gasteiger partial charge in [-0.1, -0.05) is 41.6 Å². The second-order valence-corrected chi connectivity index (χ2v) is 10.0. The van der Waals surface area contributed by atoms with E-state index in [1.165, 1.54) is 16.8 Å². The summed E-state index contributed by atoms with van der Waals surface area (Å²) >= 11 is 0. The lowest BCUT2D eigenvalue weighted by atomic mass is 10.0. The monoisotopic (exact) mass is 507 g/mol. The number of aromatic amines is 1. The maximum Gasteiger partial charge on any atom is 0.228 e. The van der Waals surface area contributed by atoms with Crippen LogP contribution >= 0.6 is 0 Å². The molecule has 192 valence electrons. The van der Waals surface area contributed by atoms with Crippen LogP contribution in [0, 0.1) is 13.8 Å². The Morgan fingerprint density at radius 3 is 2.76 bits per heavy atom. The second-order valence-electron chi connectivity index (χ2n) is 10.0. The number of ether oxygens (including phenoxy) is 1. The lowest BCUT2D eigenvalue weighted by Crippen LogP contribution is -2.40. The first-order chi connectivity index (χ1) is 18.7. The molecule has 1 N–H and O–H groups in total. The molecule has 0 saturated carbocycles. The maximum atomic E-state index is 5.96. The molecule has 0 aliphatic carbocycles. The number of fused-ring (bicyclic) bond motifs is 2. The van der Waals surface area contributed by atoms with Gasteiger partial charge < -0.3 is 19.1 Å². The number of nitrogens with zero attached hydrogens (tertiary/aromatic N) is 6. The predicted octanol–water partition coefficient (Wildman–Crippen LogP) is 4.77. The molecule has 2 aliphatic heterocycles. The number of H-pyrrole nitrogens is 1. The van der Waals surface area contributed by atoms with E-state index in [4.69, 9.17) is 19.2 Å². The molecule has 2 aliphatic rings. The predicted molar refractivity (Wildman–Crippen MR) is 145 cm³/mol. The minimum atomic E-state index is 0.0560. The van der Waals surface area contributed by atoms with E-state index in [1.807, 2.05) is 26.1 Å². The minimum absolute atomic E-state index is 0.0560. The molecule has 1 fully saturated rings. The van der Waals surface area contributed by atoms with Crippen LogP contribution in [0.1, 0.15) is 34.3 Å². The standard InChI is InChI=1S/C29H29N7O2/c1-18-27(19(2)38-34-18)21-8-9-25-23(14-21)28(36-12-13-37-17-26(36)20-6-4-3-5-7-20)32-29(31-25)35-11-10-24-22(16-35)15-30-33-24/h3-9,14-15,26H,10-13,16-17H2,1-2H3,(H,30,33)/t26-/m1/s1. The van der Waals surface area contributed by atoms with Crippen LogP contribution in [0.2, 0.25) is 0 Å². The smallest absolute Gasteiger partial charge is 0.228 e. The van der Waals surface area contributed by atoms with Crippen LogP contribution in [-0.2, 0) is 17.7 Å². The molecule has 0 unspecified atom stereocenters. The van der Waals surface area contributed by atoms with Crippen LogP contribution in [0.25, 0.3) is 22.0 Å². The lowest BCUT2D eigenvalue weighted by molar-refractivity contribution is 0.0939. The van der Waals surface area contributed by atoms with E-state index in [2.05, 4.69) is 67.6 Å². The fraction of sp³-hybridized carbons (Fsp3) is 0.310. The second kappa shape index (κ2) is 9.25. The number of morpholine rings is 1. The third-order valence-electron chi connectivity index (χ3n) is 7.65. The molecule has 0 amide bonds. The Labute approximate surface area is 220 Å². The van der Waals surface area contributed by atoms with Crippen molar-refractivity contribution < 1.29 is 9.26 Å². The van der Waals surface area contributed by atoms with Crippen LogP contribution < -0.4 is 9.80 Å². The topological polar surface area (TPSA) is 96.2 Å². The molecule has 5 aromatic rings. The molecule has 0 bridgehead atoms. The van der Waals surface area contributed by atoms with Crippen LogP contribution in [0.15, 0.2) is 59.3 Å². The minimum Gasteiger partial charge on any atom is -0.377 e. The molecular formula is C29H29N7O2. The van der Waals surface area contributed by atoms with E-state index in [9.17, 15) is 0 Å². The number of nitrogens with one attached hydrogen (secondary N) is 1. The summed E-state index contributed by atoms with van der Waals surface area (Å²) < 4.78 is 11.4. The van der Waals surface area contributed by atoms with Gasteiger partial charge in [0.1, 0.15) is 11.6 Å². The van der Waals surface area contributed by atoms with Gasteiger partial charge >= 0.3 is 0 Å². The SMILES string of the molecule is Cc1noc(C)c1-c1ccc2nc(N3CCc4[nH]ncc4C3)nc(N3CCOC[C@@H]3c3ccccc3)c2c1. The van der Waals surface area contributed by atoms with Crippen molar-refractivity contribution in [2.24, 2.45) is 0 Å². The Bertz CT molecular complexity index is 1590. The highest BCUT2D eigenvalue weighted by Gasteiger charge is 2.29. The molecule has 9 heteroatoms. The van der Waals surface area contributed by atoms with Crippen LogP contribution in [0.4, 0.5) is 11.8 Å². The van der Waals surface area contributed by atoms with E-state index in [-0.39, 0.29) is 6.04 Å². The summed E-state index contributed by atoms with van der Waals surface area (Å²) in [5.41, 5.74) is 7.47. The largest absolute Gasteiger partial charge is 0.377 e. The highest BCUT2D eigenvalue weighted by atomic mass is 16.5. The van der Waals surface area contributed by atoms with Crippen molar-refractivity contribution in [1.82, 2.24) is 25.3 Å². The van der Waals surface area contributed by atoms with Gasteiger partial charge in [0.25, 0.3) is 0 Å². The Kier molecular flexibility index (Phi) is 5.58. The van der Waals surface area contributed by atoms with Gasteiger partial charge in [-0.3, -0.25) is 5.10 Å². The zero-order chi connectivity index (χ0) is 25.6. The molecule has 9 nitrogen and oxygen atoms in total. The third-order valence-corrected chi connectivity index (χ3v) is 7.65. The first kappa shape index (κ1) is 22.9. The van der Waals surface area contributed by atoms with E-state index in [0.29, 0.717) is 13.2 Å². The van der Waals surface area contributed by atoms with Crippen molar-refractivity contribution in [2.45, 2.75) is 32.9 Å². The molecule has 5 heterocycles. The number of hydrogen-bond acceptors (Lipinski definition) is 8. The molecule has 0 spiro atoms. The zero-order valence-electron chi connectivity index (χ0n) is 21.5.